The van der Waals surface area contributed by atoms with Crippen molar-refractivity contribution in [3.8, 4) is 0 Å². The lowest BCUT2D eigenvalue weighted by molar-refractivity contribution is 0.0642. The molecule has 1 amide bonds. The third-order valence-corrected chi connectivity index (χ3v) is 5.10. The Balaban J connectivity index is 1.75. The number of halogens is 1. The number of hydrogen-bond donors (Lipinski definition) is 2. The first-order chi connectivity index (χ1) is 11.5. The van der Waals surface area contributed by atoms with Gasteiger partial charge in [0.15, 0.2) is 0 Å². The van der Waals surface area contributed by atoms with E-state index in [2.05, 4.69) is 15.7 Å². The molecule has 24 heavy (non-hydrogen) atoms. The minimum absolute atomic E-state index is 0.186. The molecule has 1 aromatic carbocycles. The molecule has 3 rings (SSSR count). The van der Waals surface area contributed by atoms with Crippen LogP contribution in [0.3, 0.4) is 0 Å². The van der Waals surface area contributed by atoms with Gasteiger partial charge in [0.1, 0.15) is 17.6 Å². The molecule has 2 atom stereocenters. The second-order valence-electron chi connectivity index (χ2n) is 5.81. The van der Waals surface area contributed by atoms with Gasteiger partial charge in [0.05, 0.1) is 16.3 Å². The molecule has 0 spiro atoms. The van der Waals surface area contributed by atoms with Crippen molar-refractivity contribution in [2.75, 3.05) is 7.11 Å². The fourth-order valence-electron chi connectivity index (χ4n) is 2.80. The van der Waals surface area contributed by atoms with Crippen LogP contribution in [0.15, 0.2) is 35.7 Å². The maximum Gasteiger partial charge on any atom is 0.268 e. The van der Waals surface area contributed by atoms with E-state index in [0.717, 1.165) is 21.3 Å². The zero-order chi connectivity index (χ0) is 17.3. The van der Waals surface area contributed by atoms with Gasteiger partial charge in [-0.05, 0) is 48.6 Å². The number of benzene rings is 1. The lowest BCUT2D eigenvalue weighted by Crippen LogP contribution is -2.37. The molecule has 0 fully saturated rings. The van der Waals surface area contributed by atoms with Gasteiger partial charge in [-0.15, -0.1) is 11.3 Å². The van der Waals surface area contributed by atoms with Crippen LogP contribution in [-0.4, -0.2) is 24.0 Å². The first-order valence-corrected chi connectivity index (χ1v) is 8.53. The number of carbonyl (C=O) groups is 1. The molecule has 0 aliphatic carbocycles. The summed E-state index contributed by atoms with van der Waals surface area (Å²) in [5, 5.41) is 5.00. The average molecular weight is 346 g/mol. The smallest absolute Gasteiger partial charge is 0.268 e. The molecular formula is C18H19FN2O2S. The number of methoxy groups -OCH3 is 1. The number of hydrogen-bond acceptors (Lipinski definition) is 3. The summed E-state index contributed by atoms with van der Waals surface area (Å²) in [4.78, 5) is 15.6. The lowest BCUT2D eigenvalue weighted by atomic mass is 10.0. The Bertz CT molecular complexity index is 854. The van der Waals surface area contributed by atoms with Gasteiger partial charge in [-0.3, -0.25) is 4.79 Å². The van der Waals surface area contributed by atoms with Gasteiger partial charge in [-0.25, -0.2) is 4.39 Å². The molecular weight excluding hydrogens is 327 g/mol. The summed E-state index contributed by atoms with van der Waals surface area (Å²) in [5.74, 6) is -0.485. The number of carbonyl (C=O) groups excluding carboxylic acids is 1. The van der Waals surface area contributed by atoms with Gasteiger partial charge in [-0.1, -0.05) is 12.1 Å². The molecule has 2 heterocycles. The minimum Gasteiger partial charge on any atom is -0.375 e. The largest absolute Gasteiger partial charge is 0.375 e. The van der Waals surface area contributed by atoms with E-state index in [4.69, 9.17) is 4.74 Å². The standard InChI is InChI=1S/C18H19FN2O2S/c1-10-9-24-15-8-14(21-16(10)15)18(22)20-11(2)17(23-3)12-4-6-13(19)7-5-12/h4-9,11,17,21H,1-3H3,(H,20,22). The molecule has 126 valence electrons. The maximum absolute atomic E-state index is 13.1. The third kappa shape index (κ3) is 3.20. The Morgan fingerprint density at radius 3 is 2.67 bits per heavy atom. The van der Waals surface area contributed by atoms with E-state index >= 15 is 0 Å². The van der Waals surface area contributed by atoms with Gasteiger partial charge in [0.25, 0.3) is 5.91 Å². The highest BCUT2D eigenvalue weighted by atomic mass is 32.1. The van der Waals surface area contributed by atoms with Gasteiger partial charge >= 0.3 is 0 Å². The number of thiophene rings is 1. The van der Waals surface area contributed by atoms with Crippen molar-refractivity contribution in [3.05, 3.63) is 58.3 Å². The highest BCUT2D eigenvalue weighted by Gasteiger charge is 2.22. The van der Waals surface area contributed by atoms with E-state index in [1.165, 1.54) is 12.1 Å². The Morgan fingerprint density at radius 1 is 1.33 bits per heavy atom. The average Bonchev–Trinajstić information content (AvgIpc) is 3.12. The normalized spacial score (nSPS) is 13.8. The van der Waals surface area contributed by atoms with Crippen molar-refractivity contribution < 1.29 is 13.9 Å². The van der Waals surface area contributed by atoms with Crippen LogP contribution in [-0.2, 0) is 4.74 Å². The van der Waals surface area contributed by atoms with Crippen LogP contribution in [0.2, 0.25) is 0 Å². The van der Waals surface area contributed by atoms with Crippen LogP contribution >= 0.6 is 11.3 Å². The van der Waals surface area contributed by atoms with Crippen molar-refractivity contribution in [3.63, 3.8) is 0 Å². The second kappa shape index (κ2) is 6.75. The van der Waals surface area contributed by atoms with Gasteiger partial charge in [0.2, 0.25) is 0 Å². The molecule has 2 aromatic heterocycles. The predicted octanol–water partition coefficient (Wildman–Crippen LogP) is 4.18. The monoisotopic (exact) mass is 346 g/mol. The first kappa shape index (κ1) is 16.7. The molecule has 2 N–H and O–H groups in total. The van der Waals surface area contributed by atoms with Crippen LogP contribution in [0.25, 0.3) is 10.2 Å². The summed E-state index contributed by atoms with van der Waals surface area (Å²) >= 11 is 1.61. The number of amides is 1. The van der Waals surface area contributed by atoms with Crippen LogP contribution in [0.4, 0.5) is 4.39 Å². The molecule has 0 aliphatic rings. The number of H-pyrrole nitrogens is 1. The molecule has 4 nitrogen and oxygen atoms in total. The van der Waals surface area contributed by atoms with E-state index in [1.807, 2.05) is 19.9 Å². The van der Waals surface area contributed by atoms with E-state index in [0.29, 0.717) is 5.69 Å². The molecule has 2 unspecified atom stereocenters. The zero-order valence-corrected chi connectivity index (χ0v) is 14.5. The van der Waals surface area contributed by atoms with E-state index < -0.39 is 0 Å². The molecule has 0 bridgehead atoms. The van der Waals surface area contributed by atoms with Crippen LogP contribution in [0, 0.1) is 12.7 Å². The summed E-state index contributed by atoms with van der Waals surface area (Å²) in [7, 11) is 1.57. The second-order valence-corrected chi connectivity index (χ2v) is 6.72. The lowest BCUT2D eigenvalue weighted by Gasteiger charge is -2.24. The molecule has 0 aliphatic heterocycles. The van der Waals surface area contributed by atoms with Crippen LogP contribution < -0.4 is 5.32 Å². The summed E-state index contributed by atoms with van der Waals surface area (Å²) < 4.78 is 19.6. The highest BCUT2D eigenvalue weighted by Crippen LogP contribution is 2.26. The van der Waals surface area contributed by atoms with Gasteiger partial charge in [0, 0.05) is 7.11 Å². The number of rotatable bonds is 5. The van der Waals surface area contributed by atoms with Crippen molar-refractivity contribution in [2.24, 2.45) is 0 Å². The minimum atomic E-state index is -0.354. The van der Waals surface area contributed by atoms with Crippen molar-refractivity contribution in [1.29, 1.82) is 0 Å². The van der Waals surface area contributed by atoms with E-state index in [1.54, 1.807) is 30.6 Å². The molecule has 0 radical (unpaired) electrons. The molecule has 6 heteroatoms. The Hall–Kier alpha value is -2.18. The summed E-state index contributed by atoms with van der Waals surface area (Å²) in [6.07, 6.45) is -0.354. The summed E-state index contributed by atoms with van der Waals surface area (Å²) in [6, 6.07) is 7.69. The first-order valence-electron chi connectivity index (χ1n) is 7.65. The van der Waals surface area contributed by atoms with Gasteiger partial charge < -0.3 is 15.0 Å². The highest BCUT2D eigenvalue weighted by molar-refractivity contribution is 7.17. The maximum atomic E-state index is 13.1. The predicted molar refractivity (Wildman–Crippen MR) is 94.0 cm³/mol. The van der Waals surface area contributed by atoms with Crippen LogP contribution in [0.1, 0.15) is 34.6 Å². The summed E-state index contributed by atoms with van der Waals surface area (Å²) in [6.45, 7) is 3.88. The Morgan fingerprint density at radius 2 is 2.04 bits per heavy atom. The van der Waals surface area contributed by atoms with Crippen molar-refractivity contribution in [1.82, 2.24) is 10.3 Å². The third-order valence-electron chi connectivity index (χ3n) is 4.05. The quantitative estimate of drug-likeness (QED) is 0.728. The SMILES string of the molecule is COC(c1ccc(F)cc1)C(C)NC(=O)c1cc2scc(C)c2[nH]1. The molecule has 0 saturated carbocycles. The molecule has 0 saturated heterocycles. The topological polar surface area (TPSA) is 54.1 Å². The van der Waals surface area contributed by atoms with Crippen LogP contribution in [0.5, 0.6) is 0 Å². The molecule has 3 aromatic rings. The number of ether oxygens (including phenoxy) is 1. The number of fused-ring (bicyclic) bond motifs is 1. The van der Waals surface area contributed by atoms with Crippen molar-refractivity contribution >= 4 is 27.5 Å². The van der Waals surface area contributed by atoms with Gasteiger partial charge in [-0.2, -0.15) is 0 Å². The number of nitrogens with one attached hydrogen (secondary N) is 2. The zero-order valence-electron chi connectivity index (χ0n) is 13.7. The Kier molecular flexibility index (Phi) is 4.69. The fourth-order valence-corrected chi connectivity index (χ4v) is 3.73. The number of aromatic nitrogens is 1. The number of aryl methyl sites for hydroxylation is 1. The number of aromatic amines is 1. The van der Waals surface area contributed by atoms with E-state index in [-0.39, 0.29) is 23.9 Å². The van der Waals surface area contributed by atoms with E-state index in [9.17, 15) is 9.18 Å². The summed E-state index contributed by atoms with van der Waals surface area (Å²) in [5.41, 5.74) is 3.47. The van der Waals surface area contributed by atoms with Crippen molar-refractivity contribution in [2.45, 2.75) is 26.0 Å². The Labute approximate surface area is 143 Å². The fraction of sp³-hybridized carbons (Fsp3) is 0.278.